The zero-order chi connectivity index (χ0) is 14.3. The molecule has 0 saturated heterocycles. The molecule has 0 aliphatic heterocycles. The van der Waals surface area contributed by atoms with Gasteiger partial charge in [0, 0.05) is 6.92 Å². The molecule has 0 bridgehead atoms. The molecule has 0 aromatic carbocycles. The Morgan fingerprint density at radius 3 is 2.68 bits per heavy atom. The molecule has 1 rings (SSSR count). The van der Waals surface area contributed by atoms with E-state index in [1.807, 2.05) is 5.32 Å². The van der Waals surface area contributed by atoms with Crippen molar-refractivity contribution in [3.8, 4) is 0 Å². The van der Waals surface area contributed by atoms with E-state index in [1.165, 1.54) is 0 Å². The highest BCUT2D eigenvalue weighted by Gasteiger charge is 2.10. The van der Waals surface area contributed by atoms with Crippen LogP contribution in [0.15, 0.2) is 4.52 Å². The van der Waals surface area contributed by atoms with Crippen LogP contribution in [0.2, 0.25) is 0 Å². The number of hydrogen-bond acceptors (Lipinski definition) is 7. The van der Waals surface area contributed by atoms with E-state index in [0.29, 0.717) is 5.89 Å². The van der Waals surface area contributed by atoms with Crippen LogP contribution < -0.4 is 10.6 Å². The number of imide groups is 1. The summed E-state index contributed by atoms with van der Waals surface area (Å²) in [6, 6.07) is -0.772. The number of carboxylic acids is 1. The lowest BCUT2D eigenvalue weighted by Crippen LogP contribution is -2.41. The Balaban J connectivity index is 2.19. The average molecular weight is 272 g/mol. The third-order valence-corrected chi connectivity index (χ3v) is 1.69. The van der Waals surface area contributed by atoms with Crippen molar-refractivity contribution < 1.29 is 28.8 Å². The topological polar surface area (TPSA) is 144 Å². The lowest BCUT2D eigenvalue weighted by Gasteiger charge is -2.04. The summed E-state index contributed by atoms with van der Waals surface area (Å²) in [4.78, 5) is 36.3. The van der Waals surface area contributed by atoms with Gasteiger partial charge in [-0.3, -0.25) is 10.1 Å². The number of urea groups is 1. The third-order valence-electron chi connectivity index (χ3n) is 1.69. The summed E-state index contributed by atoms with van der Waals surface area (Å²) in [5.74, 6) is -1.34. The second kappa shape index (κ2) is 7.06. The van der Waals surface area contributed by atoms with E-state index in [-0.39, 0.29) is 12.4 Å². The van der Waals surface area contributed by atoms with Gasteiger partial charge in [-0.2, -0.15) is 4.98 Å². The maximum absolute atomic E-state index is 11.2. The maximum Gasteiger partial charge on any atom is 0.329 e. The number of aromatic nitrogens is 2. The van der Waals surface area contributed by atoms with Gasteiger partial charge in [-0.25, -0.2) is 9.59 Å². The van der Waals surface area contributed by atoms with Crippen LogP contribution in [-0.2, 0) is 20.9 Å². The van der Waals surface area contributed by atoms with Gasteiger partial charge in [0.2, 0.25) is 5.89 Å². The molecule has 0 saturated carbocycles. The van der Waals surface area contributed by atoms with E-state index in [2.05, 4.69) is 24.7 Å². The minimum atomic E-state index is -1.20. The molecule has 1 aromatic heterocycles. The Morgan fingerprint density at radius 2 is 2.11 bits per heavy atom. The van der Waals surface area contributed by atoms with E-state index >= 15 is 0 Å². The predicted octanol–water partition coefficient (Wildman–Crippen LogP) is -1.19. The Kier molecular flexibility index (Phi) is 5.41. The van der Waals surface area contributed by atoms with Crippen LogP contribution in [0.25, 0.3) is 0 Å². The molecule has 1 aromatic rings. The number of hydrogen-bond donors (Lipinski definition) is 3. The van der Waals surface area contributed by atoms with Gasteiger partial charge < -0.3 is 19.7 Å². The van der Waals surface area contributed by atoms with Crippen molar-refractivity contribution in [2.45, 2.75) is 13.5 Å². The first kappa shape index (κ1) is 14.6. The first-order chi connectivity index (χ1) is 8.97. The summed E-state index contributed by atoms with van der Waals surface area (Å²) >= 11 is 0. The standard InChI is InChI=1S/C9H12N4O6/c1-5-11-6(13-19-5)2-10-9(17)12-7(14)3-18-4-8(15)16/h2-4H2,1H3,(H,15,16)(H2,10,12,14,17). The van der Waals surface area contributed by atoms with E-state index < -0.39 is 31.1 Å². The first-order valence-electron chi connectivity index (χ1n) is 5.14. The summed E-state index contributed by atoms with van der Waals surface area (Å²) < 4.78 is 9.17. The number of aliphatic carboxylic acids is 1. The first-order valence-corrected chi connectivity index (χ1v) is 5.14. The number of carbonyl (C=O) groups is 3. The molecular formula is C9H12N4O6. The Bertz CT molecular complexity index is 471. The monoisotopic (exact) mass is 272 g/mol. The van der Waals surface area contributed by atoms with Crippen molar-refractivity contribution in [1.29, 1.82) is 0 Å². The summed E-state index contributed by atoms with van der Waals surface area (Å²) in [6.45, 7) is 0.449. The SMILES string of the molecule is Cc1nc(CNC(=O)NC(=O)COCC(=O)O)no1. The fourth-order valence-electron chi connectivity index (χ4n) is 1.01. The van der Waals surface area contributed by atoms with Crippen molar-refractivity contribution in [2.75, 3.05) is 13.2 Å². The highest BCUT2D eigenvalue weighted by atomic mass is 16.5. The van der Waals surface area contributed by atoms with Crippen LogP contribution in [0.1, 0.15) is 11.7 Å². The maximum atomic E-state index is 11.2. The molecule has 0 unspecified atom stereocenters. The van der Waals surface area contributed by atoms with Crippen LogP contribution in [0.3, 0.4) is 0 Å². The molecule has 0 aliphatic rings. The summed E-state index contributed by atoms with van der Waals surface area (Å²) in [7, 11) is 0. The number of ether oxygens (including phenoxy) is 1. The van der Waals surface area contributed by atoms with Crippen LogP contribution >= 0.6 is 0 Å². The number of carbonyl (C=O) groups excluding carboxylic acids is 2. The molecule has 10 nitrogen and oxygen atoms in total. The smallest absolute Gasteiger partial charge is 0.329 e. The Labute approximate surface area is 107 Å². The molecule has 0 radical (unpaired) electrons. The fourth-order valence-corrected chi connectivity index (χ4v) is 1.01. The lowest BCUT2D eigenvalue weighted by molar-refractivity contribution is -0.143. The average Bonchev–Trinajstić information content (AvgIpc) is 2.72. The van der Waals surface area contributed by atoms with Crippen molar-refractivity contribution in [3.63, 3.8) is 0 Å². The molecule has 1 heterocycles. The molecule has 3 amide bonds. The van der Waals surface area contributed by atoms with E-state index in [9.17, 15) is 14.4 Å². The number of rotatable bonds is 6. The zero-order valence-corrected chi connectivity index (χ0v) is 10.0. The molecule has 0 aliphatic carbocycles. The number of nitrogens with one attached hydrogen (secondary N) is 2. The van der Waals surface area contributed by atoms with Crippen LogP contribution in [0.5, 0.6) is 0 Å². The van der Waals surface area contributed by atoms with E-state index in [0.717, 1.165) is 0 Å². The third kappa shape index (κ3) is 6.12. The summed E-state index contributed by atoms with van der Waals surface area (Å²) in [6.07, 6.45) is 0. The Morgan fingerprint density at radius 1 is 1.37 bits per heavy atom. The van der Waals surface area contributed by atoms with Crippen molar-refractivity contribution in [1.82, 2.24) is 20.8 Å². The summed E-state index contributed by atoms with van der Waals surface area (Å²) in [5, 5.41) is 16.0. The van der Waals surface area contributed by atoms with Gasteiger partial charge in [0.25, 0.3) is 5.91 Å². The van der Waals surface area contributed by atoms with Gasteiger partial charge >= 0.3 is 12.0 Å². The number of nitrogens with zero attached hydrogens (tertiary/aromatic N) is 2. The second-order valence-electron chi connectivity index (χ2n) is 3.35. The number of carboxylic acid groups (broad SMARTS) is 1. The molecule has 0 spiro atoms. The molecule has 104 valence electrons. The van der Waals surface area contributed by atoms with Crippen molar-refractivity contribution in [2.24, 2.45) is 0 Å². The predicted molar refractivity (Wildman–Crippen MR) is 57.9 cm³/mol. The molecule has 0 atom stereocenters. The fraction of sp³-hybridized carbons (Fsp3) is 0.444. The van der Waals surface area contributed by atoms with E-state index in [1.54, 1.807) is 6.92 Å². The molecule has 19 heavy (non-hydrogen) atoms. The van der Waals surface area contributed by atoms with Crippen LogP contribution in [0, 0.1) is 6.92 Å². The van der Waals surface area contributed by atoms with Gasteiger partial charge in [-0.1, -0.05) is 5.16 Å². The largest absolute Gasteiger partial charge is 0.480 e. The number of aryl methyl sites for hydroxylation is 1. The Hall–Kier alpha value is -2.49. The molecule has 3 N–H and O–H groups in total. The van der Waals surface area contributed by atoms with Gasteiger partial charge in [-0.15, -0.1) is 0 Å². The van der Waals surface area contributed by atoms with Crippen molar-refractivity contribution >= 4 is 17.9 Å². The molecular weight excluding hydrogens is 260 g/mol. The summed E-state index contributed by atoms with van der Waals surface area (Å²) in [5.41, 5.74) is 0. The highest BCUT2D eigenvalue weighted by Crippen LogP contribution is 1.93. The lowest BCUT2D eigenvalue weighted by atomic mass is 10.5. The van der Waals surface area contributed by atoms with Gasteiger partial charge in [0.05, 0.1) is 6.54 Å². The van der Waals surface area contributed by atoms with Crippen LogP contribution in [-0.4, -0.2) is 46.4 Å². The quantitative estimate of drug-likeness (QED) is 0.586. The number of amides is 3. The van der Waals surface area contributed by atoms with Crippen LogP contribution in [0.4, 0.5) is 4.79 Å². The minimum absolute atomic E-state index is 0.00750. The minimum Gasteiger partial charge on any atom is -0.480 e. The van der Waals surface area contributed by atoms with Gasteiger partial charge in [0.1, 0.15) is 13.2 Å². The van der Waals surface area contributed by atoms with Gasteiger partial charge in [-0.05, 0) is 0 Å². The van der Waals surface area contributed by atoms with E-state index in [4.69, 9.17) is 5.11 Å². The van der Waals surface area contributed by atoms with Gasteiger partial charge in [0.15, 0.2) is 5.82 Å². The normalized spacial score (nSPS) is 9.95. The molecule has 0 fully saturated rings. The second-order valence-corrected chi connectivity index (χ2v) is 3.35. The van der Waals surface area contributed by atoms with Crippen molar-refractivity contribution in [3.05, 3.63) is 11.7 Å². The molecule has 10 heteroatoms. The zero-order valence-electron chi connectivity index (χ0n) is 10.0. The highest BCUT2D eigenvalue weighted by molar-refractivity contribution is 5.94.